The van der Waals surface area contributed by atoms with E-state index in [9.17, 15) is 0 Å². The first-order chi connectivity index (χ1) is 9.27. The summed E-state index contributed by atoms with van der Waals surface area (Å²) >= 11 is 0. The fraction of sp³-hybridized carbons (Fsp3) is 0.250. The number of hydrogen-bond acceptors (Lipinski definition) is 0. The lowest BCUT2D eigenvalue weighted by Gasteiger charge is -2.30. The second-order valence-corrected chi connectivity index (χ2v) is 4.89. The van der Waals surface area contributed by atoms with Gasteiger partial charge in [0, 0.05) is 59.9 Å². The lowest BCUT2D eigenvalue weighted by molar-refractivity contribution is 1.52. The van der Waals surface area contributed by atoms with Crippen molar-refractivity contribution in [2.75, 3.05) is 0 Å². The van der Waals surface area contributed by atoms with Crippen molar-refractivity contribution < 1.29 is 0 Å². The summed E-state index contributed by atoms with van der Waals surface area (Å²) in [6.45, 7) is 2.61. The maximum Gasteiger partial charge on any atom is 0.113 e. The molecule has 0 aliphatic carbocycles. The second-order valence-electron chi connectivity index (χ2n) is 4.89. The third kappa shape index (κ3) is 3.25. The number of hydrogen-bond donors (Lipinski definition) is 0. The SMILES string of the molecule is [B][B]B([B])c1c(C)c([B][B])c([B])c(C)c1B([B])B([B])[B]. The van der Waals surface area contributed by atoms with Crippen molar-refractivity contribution in [1.29, 1.82) is 0 Å². The van der Waals surface area contributed by atoms with Gasteiger partial charge in [0.2, 0.25) is 0 Å². The van der Waals surface area contributed by atoms with E-state index in [0.29, 0.717) is 5.46 Å². The number of rotatable bonds is 5. The van der Waals surface area contributed by atoms with Crippen LogP contribution in [0.15, 0.2) is 0 Å². The van der Waals surface area contributed by atoms with E-state index < -0.39 is 19.4 Å². The molecule has 0 atom stereocenters. The predicted octanol–water partition coefficient (Wildman–Crippen LogP) is -5.57. The van der Waals surface area contributed by atoms with Crippen LogP contribution in [0.5, 0.6) is 0 Å². The lowest BCUT2D eigenvalue weighted by Crippen LogP contribution is -2.64. The van der Waals surface area contributed by atoms with Gasteiger partial charge in [0.1, 0.15) is 7.85 Å². The van der Waals surface area contributed by atoms with E-state index >= 15 is 0 Å². The Kier molecular flexibility index (Phi) is 6.61. The molecule has 20 heavy (non-hydrogen) atoms. The molecule has 0 saturated carbocycles. The molecule has 0 bridgehead atoms. The van der Waals surface area contributed by atoms with Gasteiger partial charge in [-0.25, -0.2) is 0 Å². The minimum Gasteiger partial charge on any atom is -0.104 e. The molecule has 0 aromatic heterocycles. The van der Waals surface area contributed by atoms with Crippen molar-refractivity contribution in [2.24, 2.45) is 0 Å². The summed E-state index contributed by atoms with van der Waals surface area (Å²) < 4.78 is 0. The third-order valence-corrected chi connectivity index (χ3v) is 3.65. The van der Waals surface area contributed by atoms with Gasteiger partial charge in [-0.3, -0.25) is 0 Å². The van der Waals surface area contributed by atoms with E-state index in [2.05, 4.69) is 0 Å². The van der Waals surface area contributed by atoms with Crippen LogP contribution in [0.1, 0.15) is 11.1 Å². The molecule has 1 rings (SSSR count). The first-order valence-electron chi connectivity index (χ1n) is 6.32. The Morgan fingerprint density at radius 3 is 1.85 bits per heavy atom. The normalized spacial score (nSPS) is 9.90. The molecule has 12 heteroatoms. The Labute approximate surface area is 135 Å². The first kappa shape index (κ1) is 18.0. The van der Waals surface area contributed by atoms with E-state index in [-0.39, 0.29) is 0 Å². The Morgan fingerprint density at radius 1 is 0.900 bits per heavy atom. The quantitative estimate of drug-likeness (QED) is 0.444. The van der Waals surface area contributed by atoms with Crippen molar-refractivity contribution in [3.05, 3.63) is 11.1 Å². The van der Waals surface area contributed by atoms with Crippen LogP contribution in [0.4, 0.5) is 0 Å². The van der Waals surface area contributed by atoms with E-state index in [0.717, 1.165) is 27.5 Å². The zero-order chi connectivity index (χ0) is 15.6. The van der Waals surface area contributed by atoms with Crippen molar-refractivity contribution in [3.8, 4) is 0 Å². The van der Waals surface area contributed by atoms with Gasteiger partial charge in [0.05, 0.1) is 20.2 Å². The Balaban J connectivity index is 3.71. The Morgan fingerprint density at radius 2 is 1.45 bits per heavy atom. The molecule has 0 fully saturated rings. The van der Waals surface area contributed by atoms with Crippen LogP contribution >= 0.6 is 0 Å². The minimum absolute atomic E-state index is 0.507. The highest BCUT2D eigenvalue weighted by Gasteiger charge is 2.25. The van der Waals surface area contributed by atoms with E-state index in [1.807, 2.05) is 13.8 Å². The largest absolute Gasteiger partial charge is 0.113 e. The molecule has 0 spiro atoms. The zero-order valence-electron chi connectivity index (χ0n) is 11.9. The van der Waals surface area contributed by atoms with Gasteiger partial charge < -0.3 is 0 Å². The van der Waals surface area contributed by atoms with Crippen molar-refractivity contribution >= 4 is 110 Å². The summed E-state index contributed by atoms with van der Waals surface area (Å²) in [5.41, 5.74) is 4.36. The summed E-state index contributed by atoms with van der Waals surface area (Å²) in [5, 5.41) is 0. The molecule has 1 aromatic carbocycles. The van der Waals surface area contributed by atoms with Crippen LogP contribution in [-0.2, 0) is 0 Å². The molecule has 0 unspecified atom stereocenters. The molecule has 0 nitrogen and oxygen atoms in total. The molecule has 0 amide bonds. The maximum atomic E-state index is 6.11. The molecule has 0 saturated heterocycles. The molecule has 0 heterocycles. The Bertz CT molecular complexity index is 485. The van der Waals surface area contributed by atoms with Crippen molar-refractivity contribution in [2.45, 2.75) is 13.8 Å². The summed E-state index contributed by atoms with van der Waals surface area (Å²) in [6, 6.07) is 0. The predicted molar refractivity (Wildman–Crippen MR) is 104 cm³/mol. The molecular formula is C8H6B12. The fourth-order valence-corrected chi connectivity index (χ4v) is 2.46. The highest BCUT2D eigenvalue weighted by atomic mass is 14.1. The second kappa shape index (κ2) is 7.32. The van der Waals surface area contributed by atoms with Crippen molar-refractivity contribution in [3.63, 3.8) is 0 Å². The maximum absolute atomic E-state index is 6.11. The molecule has 0 aliphatic rings. The van der Waals surface area contributed by atoms with Gasteiger partial charge in [0.15, 0.2) is 0 Å². The topological polar surface area (TPSA) is 0 Å². The van der Waals surface area contributed by atoms with Crippen molar-refractivity contribution in [1.82, 2.24) is 0 Å². The molecular weight excluding hydrogens is 226 g/mol. The number of benzene rings is 1. The van der Waals surface area contributed by atoms with Gasteiger partial charge in [-0.1, -0.05) is 11.1 Å². The highest BCUT2D eigenvalue weighted by Crippen LogP contribution is 1.97. The zero-order valence-corrected chi connectivity index (χ0v) is 11.9. The van der Waals surface area contributed by atoms with Gasteiger partial charge in [-0.15, -0.1) is 21.9 Å². The minimum atomic E-state index is -0.732. The summed E-state index contributed by atoms with van der Waals surface area (Å²) in [6.07, 6.45) is -0.732. The van der Waals surface area contributed by atoms with Crippen LogP contribution < -0.4 is 21.9 Å². The highest BCUT2D eigenvalue weighted by molar-refractivity contribution is 7.70. The molecule has 0 N–H and O–H groups in total. The summed E-state index contributed by atoms with van der Waals surface area (Å²) in [4.78, 5) is 0. The summed E-state index contributed by atoms with van der Waals surface area (Å²) in [7, 11) is 43.8. The molecule has 16 radical (unpaired) electrons. The molecule has 74 valence electrons. The van der Waals surface area contributed by atoms with Gasteiger partial charge >= 0.3 is 0 Å². The summed E-state index contributed by atoms with van der Waals surface area (Å²) in [5.74, 6) is 0. The average Bonchev–Trinajstić information content (AvgIpc) is 2.41. The standard InChI is InChI=1S/C8H6B12/c1-3-5(9)6(16-10)4(2)7(18(12)17-11)8(3)19(13)20(14)15/h1-2H3. The van der Waals surface area contributed by atoms with E-state index in [1.165, 1.54) is 14.2 Å². The third-order valence-electron chi connectivity index (χ3n) is 3.65. The average molecular weight is 232 g/mol. The van der Waals surface area contributed by atoms with E-state index in [1.54, 1.807) is 0 Å². The monoisotopic (exact) mass is 234 g/mol. The van der Waals surface area contributed by atoms with Crippen LogP contribution in [0.25, 0.3) is 0 Å². The Hall–Kier alpha value is -0.000779. The fourth-order valence-electron chi connectivity index (χ4n) is 2.46. The van der Waals surface area contributed by atoms with Crippen LogP contribution in [0, 0.1) is 13.8 Å². The lowest BCUT2D eigenvalue weighted by atomic mass is 8.85. The van der Waals surface area contributed by atoms with Crippen LogP contribution in [0.2, 0.25) is 0 Å². The molecule has 0 aliphatic heterocycles. The molecule has 1 aromatic rings. The van der Waals surface area contributed by atoms with Crippen LogP contribution in [-0.4, -0.2) is 87.9 Å². The van der Waals surface area contributed by atoms with Crippen LogP contribution in [0.3, 0.4) is 0 Å². The van der Waals surface area contributed by atoms with Gasteiger partial charge in [-0.2, -0.15) is 0 Å². The van der Waals surface area contributed by atoms with E-state index in [4.69, 9.17) is 54.3 Å². The van der Waals surface area contributed by atoms with Gasteiger partial charge in [0.25, 0.3) is 0 Å². The first-order valence-corrected chi connectivity index (χ1v) is 6.32. The van der Waals surface area contributed by atoms with Gasteiger partial charge in [-0.05, 0) is 13.8 Å². The smallest absolute Gasteiger partial charge is 0.104 e.